The second-order valence-corrected chi connectivity index (χ2v) is 11.1. The van der Waals surface area contributed by atoms with Crippen LogP contribution in [0.4, 0.5) is 10.1 Å². The van der Waals surface area contributed by atoms with Crippen LogP contribution in [0.25, 0.3) is 0 Å². The van der Waals surface area contributed by atoms with Crippen LogP contribution in [0.2, 0.25) is 0 Å². The van der Waals surface area contributed by atoms with Crippen LogP contribution in [0.3, 0.4) is 0 Å². The first kappa shape index (κ1) is 23.7. The monoisotopic (exact) mass is 481 g/mol. The van der Waals surface area contributed by atoms with Crippen molar-refractivity contribution in [2.45, 2.75) is 49.5 Å². The molecule has 182 valence electrons. The molecular weight excluding hydrogens is 445 g/mol. The lowest BCUT2D eigenvalue weighted by molar-refractivity contribution is -0.122. The predicted molar refractivity (Wildman–Crippen MR) is 138 cm³/mol. The Bertz CT molecular complexity index is 978. The van der Waals surface area contributed by atoms with Gasteiger partial charge in [-0.3, -0.25) is 9.69 Å². The number of carbonyl (C=O) groups excluding carboxylic acids is 1. The third-order valence-corrected chi connectivity index (χ3v) is 9.12. The van der Waals surface area contributed by atoms with Crippen LogP contribution in [0, 0.1) is 17.7 Å². The summed E-state index contributed by atoms with van der Waals surface area (Å²) in [7, 11) is 0. The van der Waals surface area contributed by atoms with Crippen LogP contribution < -0.4 is 10.2 Å². The van der Waals surface area contributed by atoms with E-state index in [2.05, 4.69) is 39.4 Å². The Morgan fingerprint density at radius 1 is 1.03 bits per heavy atom. The molecule has 1 N–H and O–H groups in total. The summed E-state index contributed by atoms with van der Waals surface area (Å²) >= 11 is 1.98. The smallest absolute Gasteiger partial charge is 0.220 e. The van der Waals surface area contributed by atoms with Gasteiger partial charge in [-0.15, -0.1) is 11.8 Å². The summed E-state index contributed by atoms with van der Waals surface area (Å²) in [5.74, 6) is 2.45. The maximum atomic E-state index is 13.5. The van der Waals surface area contributed by atoms with Gasteiger partial charge in [-0.05, 0) is 67.5 Å². The molecule has 2 aromatic carbocycles. The van der Waals surface area contributed by atoms with Crippen molar-refractivity contribution in [3.8, 4) is 0 Å². The number of carbonyl (C=O) groups is 1. The fraction of sp³-hybridized carbons (Fsp3) is 0.536. The van der Waals surface area contributed by atoms with Crippen LogP contribution in [-0.4, -0.2) is 49.3 Å². The lowest BCUT2D eigenvalue weighted by atomic mass is 9.74. The maximum absolute atomic E-state index is 13.5. The van der Waals surface area contributed by atoms with E-state index in [0.29, 0.717) is 18.3 Å². The fourth-order valence-corrected chi connectivity index (χ4v) is 7.32. The summed E-state index contributed by atoms with van der Waals surface area (Å²) in [6.07, 6.45) is 6.57. The van der Waals surface area contributed by atoms with E-state index in [1.165, 1.54) is 48.0 Å². The van der Waals surface area contributed by atoms with E-state index >= 15 is 0 Å². The van der Waals surface area contributed by atoms with Crippen molar-refractivity contribution in [2.24, 2.45) is 11.8 Å². The van der Waals surface area contributed by atoms with Gasteiger partial charge in [0.05, 0.1) is 6.04 Å². The molecule has 0 spiro atoms. The molecule has 3 atom stereocenters. The van der Waals surface area contributed by atoms with E-state index in [1.807, 2.05) is 17.8 Å². The summed E-state index contributed by atoms with van der Waals surface area (Å²) in [5, 5.41) is 3.47. The van der Waals surface area contributed by atoms with Gasteiger partial charge in [-0.1, -0.05) is 37.1 Å². The van der Waals surface area contributed by atoms with Crippen LogP contribution in [0.1, 0.15) is 50.1 Å². The number of anilines is 1. The standard InChI is InChI=1S/C28H36FN3OS/c29-22-8-5-9-23(19-22)32-17-15-31(16-18-32)14-6-13-27(33)30-28-24-10-2-1-7-21(24)20-34-26-12-4-3-11-25(26)28/h3-5,8-9,11-12,19,21,24,28H,1-2,6-7,10,13-18,20H2,(H,30,33)/t21-,24+,28+/m0/s1. The average Bonchev–Trinajstić information content (AvgIpc) is 3.02. The van der Waals surface area contributed by atoms with E-state index in [1.54, 1.807) is 12.1 Å². The zero-order valence-electron chi connectivity index (χ0n) is 19.9. The Labute approximate surface area is 207 Å². The Kier molecular flexibility index (Phi) is 7.75. The zero-order valence-corrected chi connectivity index (χ0v) is 20.7. The number of nitrogens with one attached hydrogen (secondary N) is 1. The second kappa shape index (κ2) is 11.1. The first-order chi connectivity index (χ1) is 16.7. The van der Waals surface area contributed by atoms with Crippen LogP contribution in [0.5, 0.6) is 0 Å². The van der Waals surface area contributed by atoms with E-state index in [-0.39, 0.29) is 17.8 Å². The average molecular weight is 482 g/mol. The molecule has 0 radical (unpaired) electrons. The van der Waals surface area contributed by atoms with Crippen molar-refractivity contribution in [3.05, 3.63) is 59.9 Å². The highest BCUT2D eigenvalue weighted by molar-refractivity contribution is 7.99. The molecule has 1 saturated heterocycles. The zero-order chi connectivity index (χ0) is 23.3. The number of nitrogens with zero attached hydrogens (tertiary/aromatic N) is 2. The molecule has 0 aromatic heterocycles. The third-order valence-electron chi connectivity index (χ3n) is 7.84. The molecule has 1 aliphatic carbocycles. The van der Waals surface area contributed by atoms with Gasteiger partial charge >= 0.3 is 0 Å². The molecule has 0 unspecified atom stereocenters. The molecule has 1 amide bonds. The number of thioether (sulfide) groups is 1. The van der Waals surface area contributed by atoms with Crippen LogP contribution in [0.15, 0.2) is 53.4 Å². The number of hydrogen-bond donors (Lipinski definition) is 1. The number of benzene rings is 2. The molecular formula is C28H36FN3OS. The fourth-order valence-electron chi connectivity index (χ4n) is 5.97. The normalized spacial score (nSPS) is 25.2. The maximum Gasteiger partial charge on any atom is 0.220 e. The van der Waals surface area contributed by atoms with Crippen LogP contribution in [-0.2, 0) is 4.79 Å². The Balaban J connectivity index is 1.12. The largest absolute Gasteiger partial charge is 0.369 e. The summed E-state index contributed by atoms with van der Waals surface area (Å²) in [5.41, 5.74) is 2.28. The SMILES string of the molecule is O=C(CCCN1CCN(c2cccc(F)c2)CC1)N[C@H]1c2ccccc2SC[C@@H]2CCCC[C@H]21. The summed E-state index contributed by atoms with van der Waals surface area (Å²) in [6.45, 7) is 4.64. The van der Waals surface area contributed by atoms with Gasteiger partial charge < -0.3 is 10.2 Å². The number of fused-ring (bicyclic) bond motifs is 2. The molecule has 1 saturated carbocycles. The van der Waals surface area contributed by atoms with E-state index in [4.69, 9.17) is 0 Å². The lowest BCUT2D eigenvalue weighted by Gasteiger charge is -2.36. The first-order valence-electron chi connectivity index (χ1n) is 12.9. The van der Waals surface area contributed by atoms with Gasteiger partial charge in [0.25, 0.3) is 0 Å². The molecule has 0 bridgehead atoms. The van der Waals surface area contributed by atoms with Crippen molar-refractivity contribution in [1.29, 1.82) is 0 Å². The highest BCUT2D eigenvalue weighted by Gasteiger charge is 2.37. The van der Waals surface area contributed by atoms with Crippen molar-refractivity contribution in [1.82, 2.24) is 10.2 Å². The molecule has 2 aliphatic heterocycles. The van der Waals surface area contributed by atoms with Crippen molar-refractivity contribution >= 4 is 23.4 Å². The van der Waals surface area contributed by atoms with Gasteiger partial charge in [-0.25, -0.2) is 4.39 Å². The third kappa shape index (κ3) is 5.60. The number of halogens is 1. The molecule has 4 nitrogen and oxygen atoms in total. The minimum Gasteiger partial charge on any atom is -0.369 e. The van der Waals surface area contributed by atoms with Crippen molar-refractivity contribution in [3.63, 3.8) is 0 Å². The quantitative estimate of drug-likeness (QED) is 0.591. The van der Waals surface area contributed by atoms with Gasteiger partial charge in [0, 0.05) is 48.9 Å². The molecule has 2 aromatic rings. The molecule has 6 heteroatoms. The van der Waals surface area contributed by atoms with Crippen molar-refractivity contribution in [2.75, 3.05) is 43.4 Å². The van der Waals surface area contributed by atoms with Gasteiger partial charge in [0.15, 0.2) is 0 Å². The van der Waals surface area contributed by atoms with Crippen molar-refractivity contribution < 1.29 is 9.18 Å². The summed E-state index contributed by atoms with van der Waals surface area (Å²) in [6, 6.07) is 15.7. The Hall–Kier alpha value is -2.05. The highest BCUT2D eigenvalue weighted by atomic mass is 32.2. The van der Waals surface area contributed by atoms with E-state index in [9.17, 15) is 9.18 Å². The topological polar surface area (TPSA) is 35.6 Å². The van der Waals surface area contributed by atoms with Crippen LogP contribution >= 0.6 is 11.8 Å². The summed E-state index contributed by atoms with van der Waals surface area (Å²) < 4.78 is 13.5. The molecule has 2 fully saturated rings. The number of hydrogen-bond acceptors (Lipinski definition) is 4. The van der Waals surface area contributed by atoms with Gasteiger partial charge in [-0.2, -0.15) is 0 Å². The second-order valence-electron chi connectivity index (χ2n) is 10.0. The molecule has 5 rings (SSSR count). The Morgan fingerprint density at radius 2 is 1.85 bits per heavy atom. The number of piperazine rings is 1. The first-order valence-corrected chi connectivity index (χ1v) is 13.9. The van der Waals surface area contributed by atoms with Gasteiger partial charge in [0.1, 0.15) is 5.82 Å². The molecule has 34 heavy (non-hydrogen) atoms. The Morgan fingerprint density at radius 3 is 2.71 bits per heavy atom. The lowest BCUT2D eigenvalue weighted by Crippen LogP contribution is -2.46. The number of amides is 1. The van der Waals surface area contributed by atoms with E-state index in [0.717, 1.165) is 44.8 Å². The highest BCUT2D eigenvalue weighted by Crippen LogP contribution is 2.46. The van der Waals surface area contributed by atoms with E-state index < -0.39 is 0 Å². The predicted octanol–water partition coefficient (Wildman–Crippen LogP) is 5.50. The summed E-state index contributed by atoms with van der Waals surface area (Å²) in [4.78, 5) is 19.1. The number of rotatable bonds is 6. The molecule has 3 aliphatic rings. The minimum atomic E-state index is -0.180. The van der Waals surface area contributed by atoms with Gasteiger partial charge in [0.2, 0.25) is 5.91 Å². The minimum absolute atomic E-state index is 0.152. The molecule has 2 heterocycles.